The van der Waals surface area contributed by atoms with Crippen LogP contribution in [0.25, 0.3) is 22.4 Å². The van der Waals surface area contributed by atoms with Gasteiger partial charge in [-0.3, -0.25) is 10.1 Å². The molecule has 0 radical (unpaired) electrons. The quantitative estimate of drug-likeness (QED) is 0.566. The number of nitro benzene ring substituents is 1. The zero-order chi connectivity index (χ0) is 16.4. The molecule has 1 heterocycles. The van der Waals surface area contributed by atoms with Crippen LogP contribution >= 0.6 is 0 Å². The third kappa shape index (κ3) is 3.15. The van der Waals surface area contributed by atoms with Gasteiger partial charge >= 0.3 is 0 Å². The van der Waals surface area contributed by atoms with Crippen LogP contribution in [0.1, 0.15) is 13.8 Å². The van der Waals surface area contributed by atoms with Gasteiger partial charge in [0.1, 0.15) is 11.6 Å². The van der Waals surface area contributed by atoms with Crippen LogP contribution in [-0.2, 0) is 0 Å². The number of fused-ring (bicyclic) bond motifs is 1. The maximum atomic E-state index is 10.9. The largest absolute Gasteiger partial charge is 0.493 e. The minimum atomic E-state index is -0.417. The van der Waals surface area contributed by atoms with Crippen molar-refractivity contribution in [2.45, 2.75) is 13.8 Å². The predicted octanol–water partition coefficient (Wildman–Crippen LogP) is 4.17. The van der Waals surface area contributed by atoms with E-state index in [1.165, 1.54) is 12.1 Å². The number of hydrogen-bond acceptors (Lipinski definition) is 4. The van der Waals surface area contributed by atoms with Gasteiger partial charge in [0, 0.05) is 12.1 Å². The molecule has 2 aromatic carbocycles. The van der Waals surface area contributed by atoms with E-state index in [1.54, 1.807) is 6.07 Å². The predicted molar refractivity (Wildman–Crippen MR) is 88.5 cm³/mol. The summed E-state index contributed by atoms with van der Waals surface area (Å²) in [6.45, 7) is 4.79. The van der Waals surface area contributed by atoms with Gasteiger partial charge in [0.2, 0.25) is 0 Å². The molecular formula is C17H17N3O3. The number of imidazole rings is 1. The first-order valence-electron chi connectivity index (χ1n) is 7.41. The summed E-state index contributed by atoms with van der Waals surface area (Å²) in [7, 11) is 0. The normalized spacial score (nSPS) is 11.1. The van der Waals surface area contributed by atoms with Crippen LogP contribution in [0.3, 0.4) is 0 Å². The van der Waals surface area contributed by atoms with Crippen LogP contribution in [0.15, 0.2) is 42.5 Å². The standard InChI is InChI=1S/C17H17N3O3/c1-11(2)10-23-16-6-4-3-5-13(16)17-18-14-8-7-12(20(21)22)9-15(14)19-17/h3-9,11H,10H2,1-2H3,(H,18,19). The number of H-pyrrole nitrogens is 1. The number of aromatic amines is 1. The number of non-ortho nitro benzene ring substituents is 1. The Balaban J connectivity index is 2.01. The number of para-hydroxylation sites is 1. The topological polar surface area (TPSA) is 81.1 Å². The highest BCUT2D eigenvalue weighted by Gasteiger charge is 2.13. The number of benzene rings is 2. The van der Waals surface area contributed by atoms with E-state index in [-0.39, 0.29) is 5.69 Å². The van der Waals surface area contributed by atoms with Gasteiger partial charge in [-0.1, -0.05) is 26.0 Å². The molecule has 0 unspecified atom stereocenters. The molecule has 0 saturated heterocycles. The van der Waals surface area contributed by atoms with Crippen molar-refractivity contribution in [2.24, 2.45) is 5.92 Å². The van der Waals surface area contributed by atoms with Gasteiger partial charge in [0.15, 0.2) is 0 Å². The summed E-state index contributed by atoms with van der Waals surface area (Å²) in [5.74, 6) is 1.80. The summed E-state index contributed by atoms with van der Waals surface area (Å²) in [6, 6.07) is 12.2. The zero-order valence-electron chi connectivity index (χ0n) is 12.9. The van der Waals surface area contributed by atoms with Crippen LogP contribution in [0.2, 0.25) is 0 Å². The lowest BCUT2D eigenvalue weighted by molar-refractivity contribution is -0.384. The Morgan fingerprint density at radius 1 is 1.26 bits per heavy atom. The smallest absolute Gasteiger partial charge is 0.271 e. The SMILES string of the molecule is CC(C)COc1ccccc1-c1nc2ccc([N+](=O)[O-])cc2[nH]1. The number of nitro groups is 1. The highest BCUT2D eigenvalue weighted by molar-refractivity contribution is 5.82. The van der Waals surface area contributed by atoms with Crippen LogP contribution < -0.4 is 4.74 Å². The molecule has 0 aliphatic heterocycles. The van der Waals surface area contributed by atoms with Crippen molar-refractivity contribution in [3.05, 3.63) is 52.6 Å². The van der Waals surface area contributed by atoms with Crippen molar-refractivity contribution in [3.8, 4) is 17.1 Å². The summed E-state index contributed by atoms with van der Waals surface area (Å²) in [5, 5.41) is 10.9. The van der Waals surface area contributed by atoms with Gasteiger partial charge in [0.05, 0.1) is 28.1 Å². The lowest BCUT2D eigenvalue weighted by atomic mass is 10.2. The van der Waals surface area contributed by atoms with Crippen molar-refractivity contribution in [3.63, 3.8) is 0 Å². The molecule has 23 heavy (non-hydrogen) atoms. The Labute approximate surface area is 133 Å². The summed E-state index contributed by atoms with van der Waals surface area (Å²) in [5.41, 5.74) is 2.20. The van der Waals surface area contributed by atoms with Gasteiger partial charge in [-0.25, -0.2) is 4.98 Å². The summed E-state index contributed by atoms with van der Waals surface area (Å²) < 4.78 is 5.84. The number of aromatic nitrogens is 2. The summed E-state index contributed by atoms with van der Waals surface area (Å²) >= 11 is 0. The Morgan fingerprint density at radius 3 is 2.78 bits per heavy atom. The first-order chi connectivity index (χ1) is 11.0. The van der Waals surface area contributed by atoms with Crippen LogP contribution in [0, 0.1) is 16.0 Å². The van der Waals surface area contributed by atoms with Gasteiger partial charge in [-0.2, -0.15) is 0 Å². The number of nitrogens with one attached hydrogen (secondary N) is 1. The Hall–Kier alpha value is -2.89. The maximum absolute atomic E-state index is 10.9. The van der Waals surface area contributed by atoms with E-state index in [9.17, 15) is 10.1 Å². The molecule has 0 amide bonds. The van der Waals surface area contributed by atoms with E-state index in [0.717, 1.165) is 11.3 Å². The van der Waals surface area contributed by atoms with E-state index in [4.69, 9.17) is 4.74 Å². The molecule has 0 aliphatic carbocycles. The van der Waals surface area contributed by atoms with Crippen molar-refractivity contribution >= 4 is 16.7 Å². The fourth-order valence-corrected chi connectivity index (χ4v) is 2.28. The lowest BCUT2D eigenvalue weighted by Crippen LogP contribution is -2.05. The molecule has 6 heteroatoms. The number of rotatable bonds is 5. The van der Waals surface area contributed by atoms with Crippen molar-refractivity contribution < 1.29 is 9.66 Å². The third-order valence-electron chi connectivity index (χ3n) is 3.39. The minimum absolute atomic E-state index is 0.0389. The Bertz CT molecular complexity index is 855. The van der Waals surface area contributed by atoms with Gasteiger partial charge in [-0.05, 0) is 24.1 Å². The fourth-order valence-electron chi connectivity index (χ4n) is 2.28. The second kappa shape index (κ2) is 6.08. The molecule has 0 atom stereocenters. The van der Waals surface area contributed by atoms with E-state index in [0.29, 0.717) is 29.4 Å². The monoisotopic (exact) mass is 311 g/mol. The fraction of sp³-hybridized carbons (Fsp3) is 0.235. The van der Waals surface area contributed by atoms with Crippen molar-refractivity contribution in [1.29, 1.82) is 0 Å². The summed E-state index contributed by atoms with van der Waals surface area (Å²) in [6.07, 6.45) is 0. The van der Waals surface area contributed by atoms with Crippen molar-refractivity contribution in [1.82, 2.24) is 9.97 Å². The maximum Gasteiger partial charge on any atom is 0.271 e. The minimum Gasteiger partial charge on any atom is -0.493 e. The second-order valence-corrected chi connectivity index (χ2v) is 5.74. The van der Waals surface area contributed by atoms with Gasteiger partial charge < -0.3 is 9.72 Å². The first-order valence-corrected chi connectivity index (χ1v) is 7.41. The zero-order valence-corrected chi connectivity index (χ0v) is 12.9. The molecule has 118 valence electrons. The average molecular weight is 311 g/mol. The second-order valence-electron chi connectivity index (χ2n) is 5.74. The van der Waals surface area contributed by atoms with E-state index >= 15 is 0 Å². The number of hydrogen-bond donors (Lipinski definition) is 1. The first kappa shape index (κ1) is 15.0. The molecule has 1 N–H and O–H groups in total. The number of nitrogens with zero attached hydrogens (tertiary/aromatic N) is 2. The van der Waals surface area contributed by atoms with Crippen LogP contribution in [-0.4, -0.2) is 21.5 Å². The molecule has 0 bridgehead atoms. The highest BCUT2D eigenvalue weighted by Crippen LogP contribution is 2.30. The molecule has 3 aromatic rings. The van der Waals surface area contributed by atoms with Crippen molar-refractivity contribution in [2.75, 3.05) is 6.61 Å². The average Bonchev–Trinajstić information content (AvgIpc) is 2.95. The van der Waals surface area contributed by atoms with Gasteiger partial charge in [0.25, 0.3) is 5.69 Å². The molecule has 0 saturated carbocycles. The van der Waals surface area contributed by atoms with E-state index in [2.05, 4.69) is 23.8 Å². The van der Waals surface area contributed by atoms with Crippen LogP contribution in [0.5, 0.6) is 5.75 Å². The summed E-state index contributed by atoms with van der Waals surface area (Å²) in [4.78, 5) is 18.1. The van der Waals surface area contributed by atoms with E-state index in [1.807, 2.05) is 24.3 Å². The van der Waals surface area contributed by atoms with Crippen LogP contribution in [0.4, 0.5) is 5.69 Å². The third-order valence-corrected chi connectivity index (χ3v) is 3.39. The van der Waals surface area contributed by atoms with E-state index < -0.39 is 4.92 Å². The molecule has 6 nitrogen and oxygen atoms in total. The van der Waals surface area contributed by atoms with Gasteiger partial charge in [-0.15, -0.1) is 0 Å². The number of ether oxygens (including phenoxy) is 1. The molecule has 1 aromatic heterocycles. The Morgan fingerprint density at radius 2 is 2.04 bits per heavy atom. The Kier molecular flexibility index (Phi) is 3.97. The molecular weight excluding hydrogens is 294 g/mol. The molecule has 0 spiro atoms. The molecule has 3 rings (SSSR count). The molecule has 0 aliphatic rings. The molecule has 0 fully saturated rings. The highest BCUT2D eigenvalue weighted by atomic mass is 16.6. The lowest BCUT2D eigenvalue weighted by Gasteiger charge is -2.11.